The molecule has 0 aliphatic carbocycles. The topological polar surface area (TPSA) is 121 Å². The number of carboxylic acids is 1. The number of hydrogen-bond donors (Lipinski definition) is 5. The van der Waals surface area contributed by atoms with Gasteiger partial charge < -0.3 is 25.5 Å². The van der Waals surface area contributed by atoms with E-state index in [1.807, 2.05) is 0 Å². The van der Waals surface area contributed by atoms with Crippen molar-refractivity contribution in [3.05, 3.63) is 0 Å². The Morgan fingerprint density at radius 3 is 1.47 bits per heavy atom. The molecule has 7 nitrogen and oxygen atoms in total. The summed E-state index contributed by atoms with van der Waals surface area (Å²) in [5.74, 6) is -1.16. The van der Waals surface area contributed by atoms with Crippen LogP contribution in [0.5, 0.6) is 0 Å². The lowest BCUT2D eigenvalue weighted by molar-refractivity contribution is -0.141. The van der Waals surface area contributed by atoms with Crippen molar-refractivity contribution in [3.8, 4) is 0 Å². The lowest BCUT2D eigenvalue weighted by Crippen LogP contribution is -2.52. The molecule has 0 saturated heterocycles. The summed E-state index contributed by atoms with van der Waals surface area (Å²) < 4.78 is 0. The second kappa shape index (κ2) is 7.55. The molecule has 0 saturated carbocycles. The molecule has 0 aliphatic rings. The van der Waals surface area contributed by atoms with Gasteiger partial charge in [-0.25, -0.2) is 0 Å². The van der Waals surface area contributed by atoms with E-state index in [1.54, 1.807) is 0 Å². The second-order valence-electron chi connectivity index (χ2n) is 3.10. The molecule has 0 bridgehead atoms. The van der Waals surface area contributed by atoms with Crippen molar-refractivity contribution in [3.63, 3.8) is 0 Å². The smallest absolute Gasteiger partial charge is 0.317 e. The standard InChI is InChI=1S/C8H17NO6/c10-2-6(3-11)9(1-8(14)15)7(4-12)5-13/h6-7,10-13H,1-5H2,(H,14,15). The molecule has 0 aromatic heterocycles. The molecule has 0 radical (unpaired) electrons. The lowest BCUT2D eigenvalue weighted by atomic mass is 10.2. The molecule has 15 heavy (non-hydrogen) atoms. The molecule has 0 unspecified atom stereocenters. The van der Waals surface area contributed by atoms with Gasteiger partial charge in [-0.1, -0.05) is 0 Å². The predicted octanol–water partition coefficient (Wildman–Crippen LogP) is -2.92. The largest absolute Gasteiger partial charge is 0.480 e. The van der Waals surface area contributed by atoms with E-state index in [0.717, 1.165) is 4.90 Å². The van der Waals surface area contributed by atoms with Crippen LogP contribution >= 0.6 is 0 Å². The molecule has 0 aromatic rings. The van der Waals surface area contributed by atoms with Crippen LogP contribution in [0.1, 0.15) is 0 Å². The van der Waals surface area contributed by atoms with E-state index in [0.29, 0.717) is 0 Å². The first kappa shape index (κ1) is 14.3. The summed E-state index contributed by atoms with van der Waals surface area (Å²) in [4.78, 5) is 11.7. The molecule has 0 fully saturated rings. The summed E-state index contributed by atoms with van der Waals surface area (Å²) in [6.07, 6.45) is 0. The highest BCUT2D eigenvalue weighted by molar-refractivity contribution is 5.69. The van der Waals surface area contributed by atoms with E-state index < -0.39 is 51.0 Å². The number of aliphatic hydroxyl groups is 4. The van der Waals surface area contributed by atoms with Crippen LogP contribution in [-0.2, 0) is 4.79 Å². The van der Waals surface area contributed by atoms with Gasteiger partial charge in [-0.2, -0.15) is 0 Å². The zero-order valence-electron chi connectivity index (χ0n) is 8.28. The highest BCUT2D eigenvalue weighted by Crippen LogP contribution is 2.05. The van der Waals surface area contributed by atoms with E-state index >= 15 is 0 Å². The molecule has 5 N–H and O–H groups in total. The molecule has 90 valence electrons. The maximum atomic E-state index is 10.5. The SMILES string of the molecule is O=C(O)CN(C(CO)CO)C(CO)CO. The Kier molecular flexibility index (Phi) is 7.18. The average Bonchev–Trinajstić information content (AvgIpc) is 2.20. The minimum atomic E-state index is -1.16. The van der Waals surface area contributed by atoms with Crippen molar-refractivity contribution in [1.29, 1.82) is 0 Å². The highest BCUT2D eigenvalue weighted by atomic mass is 16.4. The number of nitrogens with zero attached hydrogens (tertiary/aromatic N) is 1. The van der Waals surface area contributed by atoms with Crippen LogP contribution in [-0.4, -0.2) is 81.5 Å². The van der Waals surface area contributed by atoms with E-state index in [2.05, 4.69) is 0 Å². The number of hydrogen-bond acceptors (Lipinski definition) is 6. The quantitative estimate of drug-likeness (QED) is 0.299. The normalized spacial score (nSPS) is 11.7. The first-order valence-electron chi connectivity index (χ1n) is 4.51. The highest BCUT2D eigenvalue weighted by Gasteiger charge is 2.26. The summed E-state index contributed by atoms with van der Waals surface area (Å²) in [6, 6.07) is -1.60. The fraction of sp³-hybridized carbons (Fsp3) is 0.875. The number of carboxylic acid groups (broad SMARTS) is 1. The molecule has 7 heteroatoms. The summed E-state index contributed by atoms with van der Waals surface area (Å²) >= 11 is 0. The van der Waals surface area contributed by atoms with Gasteiger partial charge in [-0.3, -0.25) is 9.69 Å². The molecule has 0 spiro atoms. The molecular weight excluding hydrogens is 206 g/mol. The number of aliphatic carboxylic acids is 1. The number of carbonyl (C=O) groups is 1. The molecule has 0 atom stereocenters. The molecule has 0 aliphatic heterocycles. The minimum absolute atomic E-state index is 0.444. The first-order chi connectivity index (χ1) is 7.10. The third-order valence-electron chi connectivity index (χ3n) is 2.10. The van der Waals surface area contributed by atoms with Crippen LogP contribution in [0.15, 0.2) is 0 Å². The fourth-order valence-corrected chi connectivity index (χ4v) is 1.25. The summed E-state index contributed by atoms with van der Waals surface area (Å²) in [5.41, 5.74) is 0. The van der Waals surface area contributed by atoms with Gasteiger partial charge in [0, 0.05) is 0 Å². The molecule has 0 heterocycles. The van der Waals surface area contributed by atoms with Gasteiger partial charge in [0.1, 0.15) is 0 Å². The van der Waals surface area contributed by atoms with Crippen LogP contribution in [0, 0.1) is 0 Å². The Hall–Kier alpha value is -0.730. The predicted molar refractivity (Wildman–Crippen MR) is 50.3 cm³/mol. The van der Waals surface area contributed by atoms with E-state index in [1.165, 1.54) is 0 Å². The van der Waals surface area contributed by atoms with Crippen LogP contribution in [0.3, 0.4) is 0 Å². The third kappa shape index (κ3) is 4.54. The lowest BCUT2D eigenvalue weighted by Gasteiger charge is -2.33. The first-order valence-corrected chi connectivity index (χ1v) is 4.51. The van der Waals surface area contributed by atoms with Gasteiger partial charge in [-0.05, 0) is 0 Å². The zero-order valence-corrected chi connectivity index (χ0v) is 8.28. The molecule has 0 aromatic carbocycles. The molecule has 0 rings (SSSR count). The molecule has 0 amide bonds. The van der Waals surface area contributed by atoms with Gasteiger partial charge in [0.2, 0.25) is 0 Å². The second-order valence-corrected chi connectivity index (χ2v) is 3.10. The minimum Gasteiger partial charge on any atom is -0.480 e. The molecular formula is C8H17NO6. The maximum absolute atomic E-state index is 10.5. The van der Waals surface area contributed by atoms with Crippen LogP contribution in [0.4, 0.5) is 0 Å². The Morgan fingerprint density at radius 1 is 0.933 bits per heavy atom. The van der Waals surface area contributed by atoms with Crippen molar-refractivity contribution in [2.75, 3.05) is 33.0 Å². The van der Waals surface area contributed by atoms with Gasteiger partial charge in [0.15, 0.2) is 0 Å². The number of rotatable bonds is 8. The monoisotopic (exact) mass is 223 g/mol. The van der Waals surface area contributed by atoms with E-state index in [-0.39, 0.29) is 0 Å². The van der Waals surface area contributed by atoms with Crippen molar-refractivity contribution in [2.45, 2.75) is 12.1 Å². The third-order valence-corrected chi connectivity index (χ3v) is 2.10. The summed E-state index contributed by atoms with van der Waals surface area (Å²) in [7, 11) is 0. The van der Waals surface area contributed by atoms with Crippen molar-refractivity contribution in [2.24, 2.45) is 0 Å². The maximum Gasteiger partial charge on any atom is 0.317 e. The Morgan fingerprint density at radius 2 is 1.27 bits per heavy atom. The average molecular weight is 223 g/mol. The Balaban J connectivity index is 4.59. The van der Waals surface area contributed by atoms with Gasteiger partial charge in [0.05, 0.1) is 45.1 Å². The summed E-state index contributed by atoms with van der Waals surface area (Å²) in [5, 5.41) is 44.2. The van der Waals surface area contributed by atoms with Gasteiger partial charge >= 0.3 is 5.97 Å². The van der Waals surface area contributed by atoms with E-state index in [9.17, 15) is 4.79 Å². The van der Waals surface area contributed by atoms with Gasteiger partial charge in [-0.15, -0.1) is 0 Å². The van der Waals surface area contributed by atoms with Crippen LogP contribution in [0.2, 0.25) is 0 Å². The Labute approximate surface area is 87.2 Å². The summed E-state index contributed by atoms with van der Waals surface area (Å²) in [6.45, 7) is -2.24. The van der Waals surface area contributed by atoms with Gasteiger partial charge in [0.25, 0.3) is 0 Å². The number of aliphatic hydroxyl groups excluding tert-OH is 4. The van der Waals surface area contributed by atoms with Crippen molar-refractivity contribution in [1.82, 2.24) is 4.90 Å². The Bertz CT molecular complexity index is 168. The fourth-order valence-electron chi connectivity index (χ4n) is 1.25. The van der Waals surface area contributed by atoms with Crippen LogP contribution in [0.25, 0.3) is 0 Å². The zero-order chi connectivity index (χ0) is 11.8. The van der Waals surface area contributed by atoms with Crippen molar-refractivity contribution >= 4 is 5.97 Å². The van der Waals surface area contributed by atoms with E-state index in [4.69, 9.17) is 25.5 Å². The van der Waals surface area contributed by atoms with Crippen LogP contribution < -0.4 is 0 Å². The van der Waals surface area contributed by atoms with Crippen molar-refractivity contribution < 1.29 is 30.3 Å².